The minimum Gasteiger partial charge on any atom is -0.309 e. The maximum Gasteiger partial charge on any atom is 0.226 e. The minimum absolute atomic E-state index is 0.0348. The van der Waals surface area contributed by atoms with Gasteiger partial charge in [-0.25, -0.2) is 4.98 Å². The molecule has 1 aromatic heterocycles. The van der Waals surface area contributed by atoms with Crippen molar-refractivity contribution >= 4 is 34.0 Å². The Hall–Kier alpha value is -2.21. The highest BCUT2D eigenvalue weighted by Gasteiger charge is 2.30. The number of anilines is 2. The molecular weight excluding hydrogens is 322 g/mol. The molecule has 2 aromatic rings. The lowest BCUT2D eigenvalue weighted by Crippen LogP contribution is -2.35. The molecule has 0 saturated carbocycles. The van der Waals surface area contributed by atoms with E-state index < -0.39 is 0 Å². The summed E-state index contributed by atoms with van der Waals surface area (Å²) in [7, 11) is 0. The first-order valence-electron chi connectivity index (χ1n) is 8.24. The molecule has 0 fully saturated rings. The normalized spacial score (nSPS) is 16.1. The Labute approximate surface area is 145 Å². The third kappa shape index (κ3) is 3.06. The van der Waals surface area contributed by atoms with E-state index in [1.165, 1.54) is 16.9 Å². The maximum absolute atomic E-state index is 12.2. The van der Waals surface area contributed by atoms with Gasteiger partial charge in [-0.3, -0.25) is 9.59 Å². The van der Waals surface area contributed by atoms with Crippen molar-refractivity contribution in [2.45, 2.75) is 46.1 Å². The molecule has 2 amide bonds. The van der Waals surface area contributed by atoms with Crippen molar-refractivity contribution in [2.75, 3.05) is 10.2 Å². The van der Waals surface area contributed by atoms with Crippen molar-refractivity contribution in [2.24, 2.45) is 0 Å². The number of thiazole rings is 1. The highest BCUT2D eigenvalue weighted by atomic mass is 32.1. The second kappa shape index (κ2) is 6.73. The quantitative estimate of drug-likeness (QED) is 0.917. The molecule has 6 heteroatoms. The number of hydrogen-bond donors (Lipinski definition) is 1. The zero-order valence-corrected chi connectivity index (χ0v) is 14.9. The number of nitrogens with one attached hydrogen (secondary N) is 1. The monoisotopic (exact) mass is 343 g/mol. The average Bonchev–Trinajstić information content (AvgIpc) is 3.16. The summed E-state index contributed by atoms with van der Waals surface area (Å²) < 4.78 is 0. The lowest BCUT2D eigenvalue weighted by molar-refractivity contribution is -0.118. The van der Waals surface area contributed by atoms with Crippen LogP contribution in [-0.4, -0.2) is 22.8 Å². The van der Waals surface area contributed by atoms with Gasteiger partial charge in [-0.2, -0.15) is 0 Å². The first kappa shape index (κ1) is 16.6. The Morgan fingerprint density at radius 2 is 2.12 bits per heavy atom. The Kier molecular flexibility index (Phi) is 4.66. The van der Waals surface area contributed by atoms with Crippen LogP contribution >= 0.6 is 11.3 Å². The number of carbonyl (C=O) groups is 2. The summed E-state index contributed by atoms with van der Waals surface area (Å²) in [5, 5.41) is 5.35. The summed E-state index contributed by atoms with van der Waals surface area (Å²) in [6.07, 6.45) is 1.81. The van der Waals surface area contributed by atoms with E-state index in [0.29, 0.717) is 18.0 Å². The van der Waals surface area contributed by atoms with Gasteiger partial charge >= 0.3 is 0 Å². The minimum atomic E-state index is -0.0348. The van der Waals surface area contributed by atoms with Gasteiger partial charge in [0.15, 0.2) is 5.13 Å². The Morgan fingerprint density at radius 1 is 1.33 bits per heavy atom. The molecule has 126 valence electrons. The lowest BCUT2D eigenvalue weighted by Gasteiger charge is -2.22. The molecule has 0 bridgehead atoms. The van der Waals surface area contributed by atoms with Crippen LogP contribution in [0.1, 0.15) is 39.2 Å². The van der Waals surface area contributed by atoms with Crippen LogP contribution in [0.2, 0.25) is 0 Å². The fraction of sp³-hybridized carbons (Fsp3) is 0.389. The van der Waals surface area contributed by atoms with Gasteiger partial charge in [0, 0.05) is 35.5 Å². The molecule has 2 heterocycles. The average molecular weight is 343 g/mol. The van der Waals surface area contributed by atoms with E-state index in [2.05, 4.69) is 23.3 Å². The number of rotatable bonds is 4. The second-order valence-corrected chi connectivity index (χ2v) is 6.81. The maximum atomic E-state index is 12.2. The number of hydrogen-bond acceptors (Lipinski definition) is 4. The molecule has 24 heavy (non-hydrogen) atoms. The fourth-order valence-corrected chi connectivity index (χ4v) is 3.75. The van der Waals surface area contributed by atoms with Gasteiger partial charge in [0.1, 0.15) is 0 Å². The van der Waals surface area contributed by atoms with Crippen molar-refractivity contribution in [1.29, 1.82) is 0 Å². The zero-order valence-electron chi connectivity index (χ0n) is 14.1. The van der Waals surface area contributed by atoms with Crippen LogP contribution in [0.15, 0.2) is 23.6 Å². The summed E-state index contributed by atoms with van der Waals surface area (Å²) in [6.45, 7) is 5.78. The van der Waals surface area contributed by atoms with Crippen molar-refractivity contribution in [3.05, 3.63) is 29.1 Å². The van der Waals surface area contributed by atoms with Gasteiger partial charge in [-0.05, 0) is 31.0 Å². The molecular formula is C18H21N3O2S. The first-order valence-corrected chi connectivity index (χ1v) is 9.12. The topological polar surface area (TPSA) is 62.3 Å². The third-order valence-electron chi connectivity index (χ3n) is 4.23. The van der Waals surface area contributed by atoms with E-state index in [1.54, 1.807) is 0 Å². The molecule has 1 aliphatic rings. The van der Waals surface area contributed by atoms with E-state index in [9.17, 15) is 9.59 Å². The number of benzene rings is 1. The van der Waals surface area contributed by atoms with Gasteiger partial charge in [0.05, 0.1) is 5.69 Å². The first-order chi connectivity index (χ1) is 11.5. The second-order valence-electron chi connectivity index (χ2n) is 5.95. The number of nitrogens with zero attached hydrogens (tertiary/aromatic N) is 2. The van der Waals surface area contributed by atoms with Crippen LogP contribution < -0.4 is 10.2 Å². The molecule has 1 atom stereocenters. The molecule has 0 radical (unpaired) electrons. The molecule has 1 aromatic carbocycles. The van der Waals surface area contributed by atoms with Crippen LogP contribution in [0, 0.1) is 0 Å². The molecule has 1 aliphatic heterocycles. The van der Waals surface area contributed by atoms with Crippen molar-refractivity contribution in [1.82, 2.24) is 4.98 Å². The molecule has 3 rings (SSSR count). The van der Waals surface area contributed by atoms with E-state index >= 15 is 0 Å². The molecule has 1 unspecified atom stereocenters. The van der Waals surface area contributed by atoms with Crippen LogP contribution in [0.4, 0.5) is 10.8 Å². The Morgan fingerprint density at radius 3 is 2.83 bits per heavy atom. The van der Waals surface area contributed by atoms with Crippen LogP contribution in [0.5, 0.6) is 0 Å². The summed E-state index contributed by atoms with van der Waals surface area (Å²) >= 11 is 1.42. The van der Waals surface area contributed by atoms with Gasteiger partial charge in [-0.1, -0.05) is 19.9 Å². The van der Waals surface area contributed by atoms with Crippen LogP contribution in [0.3, 0.4) is 0 Å². The van der Waals surface area contributed by atoms with Gasteiger partial charge in [0.25, 0.3) is 0 Å². The Bertz CT molecular complexity index is 784. The standard InChI is InChI=1S/C18H21N3O2S/c1-4-16(22)20-18-19-14(10-24-18)12-6-7-15-13(9-12)8-11(3)21(15)17(23)5-2/h6-7,9-11H,4-5,8H2,1-3H3,(H,19,20,22). The summed E-state index contributed by atoms with van der Waals surface area (Å²) in [4.78, 5) is 30.0. The number of fused-ring (bicyclic) bond motifs is 1. The van der Waals surface area contributed by atoms with E-state index in [-0.39, 0.29) is 17.9 Å². The van der Waals surface area contributed by atoms with Gasteiger partial charge in [-0.15, -0.1) is 11.3 Å². The van der Waals surface area contributed by atoms with Crippen molar-refractivity contribution in [3.8, 4) is 11.3 Å². The van der Waals surface area contributed by atoms with Crippen molar-refractivity contribution < 1.29 is 9.59 Å². The van der Waals surface area contributed by atoms with Crippen LogP contribution in [-0.2, 0) is 16.0 Å². The number of carbonyl (C=O) groups excluding carboxylic acids is 2. The molecule has 5 nitrogen and oxygen atoms in total. The molecule has 1 N–H and O–H groups in total. The lowest BCUT2D eigenvalue weighted by atomic mass is 10.1. The smallest absolute Gasteiger partial charge is 0.226 e. The fourth-order valence-electron chi connectivity index (χ4n) is 3.01. The SMILES string of the molecule is CCC(=O)Nc1nc(-c2ccc3c(c2)CC(C)N3C(=O)CC)cs1. The van der Waals surface area contributed by atoms with E-state index in [1.807, 2.05) is 36.3 Å². The zero-order chi connectivity index (χ0) is 17.3. The summed E-state index contributed by atoms with van der Waals surface area (Å²) in [5.74, 6) is 0.125. The third-order valence-corrected chi connectivity index (χ3v) is 4.99. The van der Waals surface area contributed by atoms with Crippen LogP contribution in [0.25, 0.3) is 11.3 Å². The highest BCUT2D eigenvalue weighted by Crippen LogP contribution is 2.36. The molecule has 0 spiro atoms. The highest BCUT2D eigenvalue weighted by molar-refractivity contribution is 7.14. The predicted molar refractivity (Wildman–Crippen MR) is 97.4 cm³/mol. The van der Waals surface area contributed by atoms with Crippen molar-refractivity contribution in [3.63, 3.8) is 0 Å². The van der Waals surface area contributed by atoms with Gasteiger partial charge in [0.2, 0.25) is 11.8 Å². The number of amides is 2. The summed E-state index contributed by atoms with van der Waals surface area (Å²) in [5.41, 5.74) is 4.05. The van der Waals surface area contributed by atoms with Gasteiger partial charge < -0.3 is 10.2 Å². The van der Waals surface area contributed by atoms with E-state index in [0.717, 1.165) is 23.4 Å². The van der Waals surface area contributed by atoms with E-state index in [4.69, 9.17) is 0 Å². The molecule has 0 saturated heterocycles. The predicted octanol–water partition coefficient (Wildman–Crippen LogP) is 3.85. The largest absolute Gasteiger partial charge is 0.309 e. The number of aromatic nitrogens is 1. The molecule has 0 aliphatic carbocycles. The Balaban J connectivity index is 1.86. The summed E-state index contributed by atoms with van der Waals surface area (Å²) in [6, 6.07) is 6.30.